The molecule has 0 saturated carbocycles. The second kappa shape index (κ2) is 9.41. The molecule has 9 nitrogen and oxygen atoms in total. The number of nitrogens with zero attached hydrogens (tertiary/aromatic N) is 4. The predicted molar refractivity (Wildman–Crippen MR) is 124 cm³/mol. The van der Waals surface area contributed by atoms with Crippen LogP contribution in [0.1, 0.15) is 18.1 Å². The van der Waals surface area contributed by atoms with Crippen molar-refractivity contribution >= 4 is 28.8 Å². The van der Waals surface area contributed by atoms with Crippen molar-refractivity contribution in [3.63, 3.8) is 0 Å². The van der Waals surface area contributed by atoms with Crippen molar-refractivity contribution < 1.29 is 27.6 Å². The Balaban J connectivity index is 1.88. The Hall–Kier alpha value is -4.87. The van der Waals surface area contributed by atoms with Crippen LogP contribution in [0.3, 0.4) is 0 Å². The number of carbonyl (C=O) groups is 1. The van der Waals surface area contributed by atoms with Gasteiger partial charge in [0.1, 0.15) is 0 Å². The van der Waals surface area contributed by atoms with Gasteiger partial charge in [-0.15, -0.1) is 0 Å². The maximum atomic E-state index is 13.3. The Bertz CT molecular complexity index is 1600. The smallest absolute Gasteiger partial charge is 0.416 e. The van der Waals surface area contributed by atoms with Crippen LogP contribution >= 0.6 is 0 Å². The molecule has 12 heteroatoms. The summed E-state index contributed by atoms with van der Waals surface area (Å²) >= 11 is 0. The van der Waals surface area contributed by atoms with E-state index in [4.69, 9.17) is 4.74 Å². The second-order valence-electron chi connectivity index (χ2n) is 7.47. The monoisotopic (exact) mass is 496 g/mol. The van der Waals surface area contributed by atoms with Crippen LogP contribution in [0.25, 0.3) is 22.3 Å². The zero-order valence-corrected chi connectivity index (χ0v) is 18.4. The van der Waals surface area contributed by atoms with Crippen molar-refractivity contribution in [2.24, 2.45) is 5.10 Å². The van der Waals surface area contributed by atoms with Crippen LogP contribution in [0.4, 0.5) is 18.9 Å². The molecule has 0 saturated heterocycles. The molecule has 0 amide bonds. The molecule has 0 radical (unpaired) electrons. The number of nitro benzene ring substituents is 1. The molecule has 3 aromatic carbocycles. The lowest BCUT2D eigenvalue weighted by atomic mass is 10.1. The van der Waals surface area contributed by atoms with E-state index in [1.165, 1.54) is 30.3 Å². The molecule has 0 aliphatic heterocycles. The lowest BCUT2D eigenvalue weighted by Gasteiger charge is -2.12. The summed E-state index contributed by atoms with van der Waals surface area (Å²) in [4.78, 5) is 39.4. The van der Waals surface area contributed by atoms with E-state index in [1.807, 2.05) is 0 Å². The lowest BCUT2D eigenvalue weighted by molar-refractivity contribution is -0.385. The van der Waals surface area contributed by atoms with Gasteiger partial charge in [-0.3, -0.25) is 19.7 Å². The average molecular weight is 496 g/mol. The number of nitro groups is 1. The summed E-state index contributed by atoms with van der Waals surface area (Å²) in [6, 6.07) is 14.2. The van der Waals surface area contributed by atoms with Gasteiger partial charge in [0.15, 0.2) is 5.82 Å². The molecule has 182 valence electrons. The number of para-hydroxylation sites is 1. The second-order valence-corrected chi connectivity index (χ2v) is 7.47. The number of carbonyl (C=O) groups excluding carboxylic acids is 1. The average Bonchev–Trinajstić information content (AvgIpc) is 2.83. The molecule has 0 bridgehead atoms. The maximum absolute atomic E-state index is 13.3. The molecule has 0 aliphatic carbocycles. The molecule has 0 atom stereocenters. The first-order chi connectivity index (χ1) is 17.0. The first-order valence-electron chi connectivity index (χ1n) is 10.3. The zero-order chi connectivity index (χ0) is 26.0. The summed E-state index contributed by atoms with van der Waals surface area (Å²) in [5.74, 6) is -1.19. The van der Waals surface area contributed by atoms with Crippen LogP contribution in [-0.4, -0.2) is 26.8 Å². The van der Waals surface area contributed by atoms with Gasteiger partial charge in [-0.2, -0.15) is 22.9 Å². The predicted octanol–water partition coefficient (Wildman–Crippen LogP) is 4.80. The van der Waals surface area contributed by atoms with Gasteiger partial charge >= 0.3 is 17.8 Å². The molecule has 4 aromatic rings. The topological polar surface area (TPSA) is 117 Å². The standard InChI is InChI=1S/C24H15F3N4O5/c1-14(32)36-21-10-9-15(11-20(21)31(34)35)13-28-30-22(16-5-4-6-17(12-16)24(25,26)27)29-19-8-3-2-7-18(19)23(30)33/h2-13H,1H3. The summed E-state index contributed by atoms with van der Waals surface area (Å²) in [7, 11) is 0. The Morgan fingerprint density at radius 2 is 1.86 bits per heavy atom. The first-order valence-corrected chi connectivity index (χ1v) is 10.3. The largest absolute Gasteiger partial charge is 0.419 e. The molecule has 4 rings (SSSR count). The fraction of sp³-hybridized carbons (Fsp3) is 0.0833. The number of rotatable bonds is 5. The Kier molecular flexibility index (Phi) is 6.34. The molecule has 0 unspecified atom stereocenters. The minimum absolute atomic E-state index is 0.0129. The zero-order valence-electron chi connectivity index (χ0n) is 18.4. The van der Waals surface area contributed by atoms with Crippen LogP contribution < -0.4 is 10.3 Å². The quantitative estimate of drug-likeness (QED) is 0.129. The highest BCUT2D eigenvalue weighted by Crippen LogP contribution is 2.32. The van der Waals surface area contributed by atoms with Gasteiger partial charge in [-0.25, -0.2) is 4.98 Å². The maximum Gasteiger partial charge on any atom is 0.416 e. The van der Waals surface area contributed by atoms with E-state index in [9.17, 15) is 32.9 Å². The van der Waals surface area contributed by atoms with Gasteiger partial charge in [0.25, 0.3) is 5.56 Å². The van der Waals surface area contributed by atoms with E-state index >= 15 is 0 Å². The highest BCUT2D eigenvalue weighted by Gasteiger charge is 2.31. The fourth-order valence-corrected chi connectivity index (χ4v) is 3.38. The van der Waals surface area contributed by atoms with Gasteiger partial charge in [-0.1, -0.05) is 24.3 Å². The molecule has 0 fully saturated rings. The number of halogens is 3. The Labute approximate surface area is 200 Å². The number of hydrogen-bond acceptors (Lipinski definition) is 7. The van der Waals surface area contributed by atoms with E-state index in [0.29, 0.717) is 0 Å². The molecule has 1 heterocycles. The third-order valence-electron chi connectivity index (χ3n) is 4.96. The van der Waals surface area contributed by atoms with Gasteiger partial charge in [-0.05, 0) is 36.4 Å². The Morgan fingerprint density at radius 1 is 1.11 bits per heavy atom. The van der Waals surface area contributed by atoms with Gasteiger partial charge in [0.2, 0.25) is 5.75 Å². The van der Waals surface area contributed by atoms with Crippen molar-refractivity contribution in [3.05, 3.63) is 98.3 Å². The normalized spacial score (nSPS) is 11.7. The molecule has 0 spiro atoms. The SMILES string of the molecule is CC(=O)Oc1ccc(C=Nn2c(-c3cccc(C(F)(F)F)c3)nc3ccccc3c2=O)cc1[N+](=O)[O-]. The van der Waals surface area contributed by atoms with Crippen molar-refractivity contribution in [2.45, 2.75) is 13.1 Å². The number of fused-ring (bicyclic) bond motifs is 1. The molecule has 0 aliphatic rings. The van der Waals surface area contributed by atoms with E-state index in [-0.39, 0.29) is 33.6 Å². The molecule has 36 heavy (non-hydrogen) atoms. The summed E-state index contributed by atoms with van der Waals surface area (Å²) in [6.45, 7) is 1.09. The van der Waals surface area contributed by atoms with Gasteiger partial charge in [0, 0.05) is 24.1 Å². The van der Waals surface area contributed by atoms with Gasteiger partial charge in [0.05, 0.1) is 27.6 Å². The van der Waals surface area contributed by atoms with Crippen LogP contribution in [0, 0.1) is 10.1 Å². The van der Waals surface area contributed by atoms with E-state index in [2.05, 4.69) is 10.1 Å². The van der Waals surface area contributed by atoms with E-state index in [1.54, 1.807) is 18.2 Å². The molecular formula is C24H15F3N4O5. The van der Waals surface area contributed by atoms with E-state index < -0.39 is 33.9 Å². The number of aromatic nitrogens is 2. The number of ether oxygens (including phenoxy) is 1. The fourth-order valence-electron chi connectivity index (χ4n) is 3.38. The van der Waals surface area contributed by atoms with E-state index in [0.717, 1.165) is 36.0 Å². The number of alkyl halides is 3. The minimum atomic E-state index is -4.62. The number of esters is 1. The van der Waals surface area contributed by atoms with Crippen LogP contribution in [0.15, 0.2) is 76.6 Å². The third kappa shape index (κ3) is 4.97. The minimum Gasteiger partial charge on any atom is -0.419 e. The van der Waals surface area contributed by atoms with Crippen molar-refractivity contribution in [2.75, 3.05) is 0 Å². The highest BCUT2D eigenvalue weighted by molar-refractivity contribution is 5.83. The molecule has 0 N–H and O–H groups in total. The summed E-state index contributed by atoms with van der Waals surface area (Å²) < 4.78 is 45.5. The van der Waals surface area contributed by atoms with Crippen molar-refractivity contribution in [1.29, 1.82) is 0 Å². The summed E-state index contributed by atoms with van der Waals surface area (Å²) in [6.07, 6.45) is -3.51. The van der Waals surface area contributed by atoms with Crippen LogP contribution in [-0.2, 0) is 11.0 Å². The highest BCUT2D eigenvalue weighted by atomic mass is 19.4. The Morgan fingerprint density at radius 3 is 2.56 bits per heavy atom. The lowest BCUT2D eigenvalue weighted by Crippen LogP contribution is -2.20. The summed E-state index contributed by atoms with van der Waals surface area (Å²) in [5.41, 5.74) is -1.71. The van der Waals surface area contributed by atoms with Crippen molar-refractivity contribution in [1.82, 2.24) is 9.66 Å². The van der Waals surface area contributed by atoms with Crippen LogP contribution in [0.5, 0.6) is 5.75 Å². The van der Waals surface area contributed by atoms with Gasteiger partial charge < -0.3 is 4.74 Å². The van der Waals surface area contributed by atoms with Crippen LogP contribution in [0.2, 0.25) is 0 Å². The third-order valence-corrected chi connectivity index (χ3v) is 4.96. The molecule has 1 aromatic heterocycles. The first kappa shape index (κ1) is 24.3. The molecular weight excluding hydrogens is 481 g/mol. The number of benzene rings is 3. The van der Waals surface area contributed by atoms with Crippen molar-refractivity contribution in [3.8, 4) is 17.1 Å². The number of hydrogen-bond donors (Lipinski definition) is 0. The summed E-state index contributed by atoms with van der Waals surface area (Å²) in [5, 5.41) is 15.7.